The lowest BCUT2D eigenvalue weighted by atomic mass is 10.5. The van der Waals surface area contributed by atoms with Crippen molar-refractivity contribution in [3.63, 3.8) is 0 Å². The van der Waals surface area contributed by atoms with E-state index < -0.39 is 0 Å². The number of aliphatic imine (C=N–C) groups is 4. The highest BCUT2D eigenvalue weighted by Crippen LogP contribution is 1.73. The summed E-state index contributed by atoms with van der Waals surface area (Å²) in [5.41, 5.74) is 12.2. The summed E-state index contributed by atoms with van der Waals surface area (Å²) in [6.07, 6.45) is 0. The lowest BCUT2D eigenvalue weighted by Gasteiger charge is -1.92. The molecule has 0 amide bonds. The third-order valence-corrected chi connectivity index (χ3v) is 2.18. The lowest BCUT2D eigenvalue weighted by molar-refractivity contribution is 0.215. The Morgan fingerprint density at radius 1 is 0.679 bits per heavy atom. The summed E-state index contributed by atoms with van der Waals surface area (Å²) in [4.78, 5) is 14.8. The zero-order valence-electron chi connectivity index (χ0n) is 21.2. The summed E-state index contributed by atoms with van der Waals surface area (Å²) in [7, 11) is 10.2. The van der Waals surface area contributed by atoms with Crippen molar-refractivity contribution in [2.45, 2.75) is 55.4 Å². The average Bonchev–Trinajstić information content (AvgIpc) is 2.70. The van der Waals surface area contributed by atoms with E-state index in [1.54, 1.807) is 56.3 Å². The Bertz CT molecular complexity index is 327. The molecular weight excluding hydrogens is 356 g/mol. The molecule has 0 saturated carbocycles. The van der Waals surface area contributed by atoms with Crippen molar-refractivity contribution in [1.82, 2.24) is 0 Å². The normalized spacial score (nSPS) is 9.86. The fourth-order valence-electron chi connectivity index (χ4n) is 0.273. The lowest BCUT2D eigenvalue weighted by Crippen LogP contribution is -2.03. The van der Waals surface area contributed by atoms with Crippen LogP contribution in [0.25, 0.3) is 0 Å². The number of hydrogen-bond donors (Lipinski definition) is 2. The molecule has 0 heterocycles. The molecule has 0 atom stereocenters. The molecule has 0 radical (unpaired) electrons. The second-order valence-electron chi connectivity index (χ2n) is 4.87. The van der Waals surface area contributed by atoms with Crippen LogP contribution >= 0.6 is 0 Å². The van der Waals surface area contributed by atoms with Crippen LogP contribution in [0.2, 0.25) is 0 Å². The highest BCUT2D eigenvalue weighted by Gasteiger charge is 1.81. The smallest absolute Gasteiger partial charge is 0.0902 e. The molecule has 0 aliphatic carbocycles. The van der Waals surface area contributed by atoms with E-state index in [0.29, 0.717) is 18.3 Å². The topological polar surface area (TPSA) is 120 Å². The summed E-state index contributed by atoms with van der Waals surface area (Å²) in [6.45, 7) is 16.8. The van der Waals surface area contributed by atoms with Gasteiger partial charge in [-0.2, -0.15) is 0 Å². The third kappa shape index (κ3) is 125. The highest BCUT2D eigenvalue weighted by atomic mass is 16.5. The SMILES string of the molecule is CC.CCOC.CN=C(C)C.CN=C(C)COC.CN=C(C)N.CN=C(C)N. The fourth-order valence-corrected chi connectivity index (χ4v) is 0.273. The maximum atomic E-state index is 5.04. The Morgan fingerprint density at radius 2 is 0.929 bits per heavy atom. The van der Waals surface area contributed by atoms with E-state index in [1.165, 1.54) is 0 Å². The molecule has 8 nitrogen and oxygen atoms in total. The van der Waals surface area contributed by atoms with E-state index in [9.17, 15) is 0 Å². The van der Waals surface area contributed by atoms with Gasteiger partial charge in [-0.05, 0) is 41.5 Å². The van der Waals surface area contributed by atoms with Gasteiger partial charge >= 0.3 is 0 Å². The van der Waals surface area contributed by atoms with Crippen molar-refractivity contribution in [2.75, 3.05) is 55.6 Å². The first kappa shape index (κ1) is 40.8. The van der Waals surface area contributed by atoms with Gasteiger partial charge in [0.05, 0.1) is 18.3 Å². The summed E-state index contributed by atoms with van der Waals surface area (Å²) in [6, 6.07) is 0. The number of rotatable bonds is 3. The summed E-state index contributed by atoms with van der Waals surface area (Å²) >= 11 is 0. The van der Waals surface area contributed by atoms with Crippen molar-refractivity contribution < 1.29 is 9.47 Å². The molecule has 0 aliphatic rings. The van der Waals surface area contributed by atoms with Crippen LogP contribution in [-0.2, 0) is 9.47 Å². The van der Waals surface area contributed by atoms with Crippen LogP contribution in [-0.4, -0.2) is 78.7 Å². The molecule has 0 bridgehead atoms. The average molecular weight is 407 g/mol. The first-order chi connectivity index (χ1) is 13.0. The highest BCUT2D eigenvalue weighted by molar-refractivity contribution is 5.82. The molecule has 0 rings (SSSR count). The summed E-state index contributed by atoms with van der Waals surface area (Å²) in [5.74, 6) is 1.26. The van der Waals surface area contributed by atoms with E-state index in [-0.39, 0.29) is 0 Å². The Morgan fingerprint density at radius 3 is 0.964 bits per heavy atom. The van der Waals surface area contributed by atoms with E-state index in [0.717, 1.165) is 18.0 Å². The monoisotopic (exact) mass is 406 g/mol. The second kappa shape index (κ2) is 44.6. The minimum Gasteiger partial charge on any atom is -0.388 e. The van der Waals surface area contributed by atoms with E-state index >= 15 is 0 Å². The minimum absolute atomic E-state index is 0.630. The van der Waals surface area contributed by atoms with Gasteiger partial charge in [0, 0.05) is 60.4 Å². The van der Waals surface area contributed by atoms with Crippen molar-refractivity contribution >= 4 is 23.1 Å². The molecule has 0 unspecified atom stereocenters. The van der Waals surface area contributed by atoms with Crippen molar-refractivity contribution in [2.24, 2.45) is 31.4 Å². The molecule has 172 valence electrons. The number of nitrogens with two attached hydrogens (primary N) is 2. The first-order valence-electron chi connectivity index (χ1n) is 9.22. The van der Waals surface area contributed by atoms with Gasteiger partial charge in [-0.15, -0.1) is 0 Å². The molecule has 0 aliphatic heterocycles. The quantitative estimate of drug-likeness (QED) is 0.550. The van der Waals surface area contributed by atoms with Gasteiger partial charge in [-0.3, -0.25) is 20.0 Å². The zero-order chi connectivity index (χ0) is 24.0. The third-order valence-electron chi connectivity index (χ3n) is 2.18. The van der Waals surface area contributed by atoms with Crippen LogP contribution in [0, 0.1) is 0 Å². The van der Waals surface area contributed by atoms with Crippen molar-refractivity contribution in [1.29, 1.82) is 0 Å². The molecule has 0 aromatic carbocycles. The van der Waals surface area contributed by atoms with Crippen LogP contribution in [0.1, 0.15) is 55.4 Å². The van der Waals surface area contributed by atoms with Gasteiger partial charge in [0.2, 0.25) is 0 Å². The molecule has 28 heavy (non-hydrogen) atoms. The molecule has 0 fully saturated rings. The Labute approximate surface area is 175 Å². The standard InChI is InChI=1S/C5H11NO.C4H9N.2C3H8N2.C3H8O.C2H6/c1-5(6-2)4-7-3;1-4(2)5-3;2*1-3(4)5-2;1-3-4-2;1-2/h4H2,1-3H3;1-3H3;2*1-2H3,(H2,4,5);3H2,1-2H3;1-2H3. The molecule has 0 aromatic rings. The van der Waals surface area contributed by atoms with Crippen molar-refractivity contribution in [3.8, 4) is 0 Å². The predicted octanol–water partition coefficient (Wildman–Crippen LogP) is 3.49. The van der Waals surface area contributed by atoms with Crippen LogP contribution < -0.4 is 11.5 Å². The van der Waals surface area contributed by atoms with Gasteiger partial charge in [0.1, 0.15) is 0 Å². The van der Waals surface area contributed by atoms with E-state index in [1.807, 2.05) is 41.5 Å². The van der Waals surface area contributed by atoms with Crippen molar-refractivity contribution in [3.05, 3.63) is 0 Å². The van der Waals surface area contributed by atoms with Crippen LogP contribution in [0.3, 0.4) is 0 Å². The largest absolute Gasteiger partial charge is 0.388 e. The van der Waals surface area contributed by atoms with Gasteiger partial charge in [0.15, 0.2) is 0 Å². The summed E-state index contributed by atoms with van der Waals surface area (Å²) in [5, 5.41) is 0. The van der Waals surface area contributed by atoms with E-state index in [4.69, 9.17) is 16.2 Å². The molecule has 8 heteroatoms. The van der Waals surface area contributed by atoms with Gasteiger partial charge in [-0.25, -0.2) is 0 Å². The molecule has 0 spiro atoms. The van der Waals surface area contributed by atoms with Crippen LogP contribution in [0.4, 0.5) is 0 Å². The Balaban J connectivity index is -0.0000000534. The Hall–Kier alpha value is -1.80. The number of nitrogens with zero attached hydrogens (tertiary/aromatic N) is 4. The second-order valence-corrected chi connectivity index (χ2v) is 4.87. The van der Waals surface area contributed by atoms with Gasteiger partial charge in [-0.1, -0.05) is 13.8 Å². The maximum absolute atomic E-state index is 5.04. The number of amidine groups is 2. The number of hydrogen-bond acceptors (Lipinski definition) is 6. The number of methoxy groups -OCH3 is 2. The maximum Gasteiger partial charge on any atom is 0.0902 e. The number of ether oxygens (including phenoxy) is 2. The Kier molecular flexibility index (Phi) is 64.9. The molecular formula is C20H50N6O2. The van der Waals surface area contributed by atoms with Gasteiger partial charge < -0.3 is 20.9 Å². The van der Waals surface area contributed by atoms with E-state index in [2.05, 4.69) is 24.7 Å². The van der Waals surface area contributed by atoms with Crippen LogP contribution in [0.5, 0.6) is 0 Å². The molecule has 4 N–H and O–H groups in total. The predicted molar refractivity (Wildman–Crippen MR) is 131 cm³/mol. The summed E-state index contributed by atoms with van der Waals surface area (Å²) < 4.78 is 9.31. The molecule has 0 saturated heterocycles. The minimum atomic E-state index is 0.630. The molecule has 0 aromatic heterocycles. The zero-order valence-corrected chi connectivity index (χ0v) is 21.2. The first-order valence-corrected chi connectivity index (χ1v) is 9.22. The fraction of sp³-hybridized carbons (Fsp3) is 0.800. The van der Waals surface area contributed by atoms with Gasteiger partial charge in [0.25, 0.3) is 0 Å². The van der Waals surface area contributed by atoms with Crippen LogP contribution in [0.15, 0.2) is 20.0 Å².